The lowest BCUT2D eigenvalue weighted by atomic mass is 9.29. The van der Waals surface area contributed by atoms with Crippen molar-refractivity contribution >= 4 is 124 Å². The summed E-state index contributed by atoms with van der Waals surface area (Å²) in [4.78, 5) is 5.22. The molecule has 0 atom stereocenters. The van der Waals surface area contributed by atoms with Crippen LogP contribution in [0.3, 0.4) is 0 Å². The highest BCUT2D eigenvalue weighted by atomic mass is 16.3. The Hall–Kier alpha value is -6.91. The minimum Gasteiger partial charge on any atom is -0.455 e. The van der Waals surface area contributed by atoms with Crippen LogP contribution in [-0.4, -0.2) is 18.0 Å². The quantitative estimate of drug-likeness (QED) is 0.162. The lowest BCUT2D eigenvalue weighted by Gasteiger charge is -2.47. The van der Waals surface area contributed by atoms with Crippen molar-refractivity contribution in [3.8, 4) is 5.69 Å². The summed E-state index contributed by atoms with van der Waals surface area (Å²) >= 11 is 0. The zero-order valence-electron chi connectivity index (χ0n) is 42.7. The minimum absolute atomic E-state index is 0.00611. The Morgan fingerprint density at radius 1 is 0.386 bits per heavy atom. The number of hydrogen-bond acceptors (Lipinski definition) is 3. The molecule has 342 valence electrons. The maximum atomic E-state index is 7.08. The Morgan fingerprint density at radius 2 is 0.871 bits per heavy atom. The maximum Gasteiger partial charge on any atom is 0.252 e. The third-order valence-electron chi connectivity index (χ3n) is 16.6. The van der Waals surface area contributed by atoms with E-state index in [9.17, 15) is 0 Å². The van der Waals surface area contributed by atoms with Crippen molar-refractivity contribution in [2.24, 2.45) is 0 Å². The second-order valence-corrected chi connectivity index (χ2v) is 25.0. The molecule has 8 aromatic carbocycles. The van der Waals surface area contributed by atoms with E-state index < -0.39 is 0 Å². The molecule has 4 aliphatic heterocycles. The molecule has 0 fully saturated rings. The summed E-state index contributed by atoms with van der Waals surface area (Å²) < 4.78 is 9.79. The first-order valence-corrected chi connectivity index (χ1v) is 25.5. The Labute approximate surface area is 413 Å². The zero-order valence-corrected chi connectivity index (χ0v) is 42.7. The number of fused-ring (bicyclic) bond motifs is 11. The second kappa shape index (κ2) is 13.5. The van der Waals surface area contributed by atoms with E-state index in [1.165, 1.54) is 122 Å². The average Bonchev–Trinajstić information content (AvgIpc) is 3.87. The number of rotatable bonds is 2. The lowest BCUT2D eigenvalue weighted by Crippen LogP contribution is -2.67. The lowest BCUT2D eigenvalue weighted by molar-refractivity contribution is 0.590. The molecule has 0 saturated heterocycles. The van der Waals surface area contributed by atoms with Crippen molar-refractivity contribution in [3.05, 3.63) is 162 Å². The number of benzene rings is 8. The molecule has 6 heteroatoms. The van der Waals surface area contributed by atoms with Crippen LogP contribution in [0.15, 0.2) is 144 Å². The summed E-state index contributed by atoms with van der Waals surface area (Å²) in [6, 6.07) is 54.5. The summed E-state index contributed by atoms with van der Waals surface area (Å²) in [5, 5.41) is 4.82. The molecule has 0 N–H and O–H groups in total. The van der Waals surface area contributed by atoms with Crippen LogP contribution in [-0.2, 0) is 21.7 Å². The molecule has 14 rings (SSSR count). The van der Waals surface area contributed by atoms with Crippen LogP contribution in [0.5, 0.6) is 0 Å². The average molecular weight is 908 g/mol. The van der Waals surface area contributed by atoms with E-state index >= 15 is 0 Å². The number of furan rings is 1. The van der Waals surface area contributed by atoms with Gasteiger partial charge in [0.15, 0.2) is 0 Å². The summed E-state index contributed by atoms with van der Waals surface area (Å²) in [6.45, 7) is 27.9. The molecule has 4 aliphatic rings. The van der Waals surface area contributed by atoms with Crippen molar-refractivity contribution in [2.45, 2.75) is 105 Å². The van der Waals surface area contributed by atoms with Gasteiger partial charge in [-0.1, -0.05) is 174 Å². The minimum atomic E-state index is -0.0558. The highest BCUT2D eigenvalue weighted by Crippen LogP contribution is 2.50. The highest BCUT2D eigenvalue weighted by Gasteiger charge is 2.51. The van der Waals surface area contributed by atoms with Crippen molar-refractivity contribution in [1.82, 2.24) is 4.57 Å². The fraction of sp³-hybridized carbons (Fsp3) is 0.250. The molecular formula is C64H59B2N3O. The van der Waals surface area contributed by atoms with Gasteiger partial charge in [0.05, 0.1) is 10.9 Å². The predicted molar refractivity (Wildman–Crippen MR) is 302 cm³/mol. The van der Waals surface area contributed by atoms with Crippen LogP contribution in [0.25, 0.3) is 49.4 Å². The monoisotopic (exact) mass is 907 g/mol. The van der Waals surface area contributed by atoms with Crippen molar-refractivity contribution in [2.75, 3.05) is 9.80 Å². The van der Waals surface area contributed by atoms with Gasteiger partial charge in [0, 0.05) is 61.5 Å². The molecule has 0 saturated carbocycles. The van der Waals surface area contributed by atoms with E-state index in [-0.39, 0.29) is 35.1 Å². The molecule has 0 radical (unpaired) electrons. The van der Waals surface area contributed by atoms with Gasteiger partial charge in [-0.15, -0.1) is 0 Å². The molecule has 4 nitrogen and oxygen atoms in total. The van der Waals surface area contributed by atoms with Crippen LogP contribution in [0.4, 0.5) is 34.1 Å². The van der Waals surface area contributed by atoms with Gasteiger partial charge in [-0.25, -0.2) is 0 Å². The first-order chi connectivity index (χ1) is 33.3. The van der Waals surface area contributed by atoms with Crippen LogP contribution in [0.2, 0.25) is 0 Å². The number of anilines is 6. The zero-order chi connectivity index (χ0) is 48.3. The molecule has 10 aromatic rings. The van der Waals surface area contributed by atoms with E-state index in [1.54, 1.807) is 0 Å². The van der Waals surface area contributed by atoms with Gasteiger partial charge in [-0.3, -0.25) is 0 Å². The Kier molecular flexibility index (Phi) is 8.09. The van der Waals surface area contributed by atoms with Gasteiger partial charge >= 0.3 is 0 Å². The predicted octanol–water partition coefficient (Wildman–Crippen LogP) is 13.1. The third-order valence-corrected chi connectivity index (χ3v) is 16.6. The number of nitrogens with zero attached hydrogens (tertiary/aromatic N) is 3. The van der Waals surface area contributed by atoms with Gasteiger partial charge in [-0.2, -0.15) is 0 Å². The SMILES string of the molecule is CC(C)(C)c1ccc(N2c3ccc(C(C)(C)C)cc3B3c4c2cc2c5c4-n4c6c3cccc6c3c6oc7ccccc7c6cc(c34)B5c3cc(C(C)(C)C)ccc3N2c2ccc(C(C)(C)C)cc2)cc1. The molecule has 0 amide bonds. The molecule has 0 bridgehead atoms. The van der Waals surface area contributed by atoms with Gasteiger partial charge in [0.1, 0.15) is 11.2 Å². The maximum absolute atomic E-state index is 7.08. The van der Waals surface area contributed by atoms with Crippen LogP contribution < -0.4 is 42.6 Å². The van der Waals surface area contributed by atoms with Gasteiger partial charge in [0.25, 0.3) is 13.4 Å². The van der Waals surface area contributed by atoms with E-state index in [0.29, 0.717) is 0 Å². The Balaban J connectivity index is 1.20. The first kappa shape index (κ1) is 42.0. The fourth-order valence-electron chi connectivity index (χ4n) is 12.9. The van der Waals surface area contributed by atoms with E-state index in [2.05, 4.69) is 237 Å². The van der Waals surface area contributed by atoms with Crippen LogP contribution in [0.1, 0.15) is 105 Å². The van der Waals surface area contributed by atoms with Crippen molar-refractivity contribution < 1.29 is 4.42 Å². The molecule has 0 spiro atoms. The second-order valence-electron chi connectivity index (χ2n) is 25.0. The molecule has 6 heterocycles. The van der Waals surface area contributed by atoms with E-state index in [4.69, 9.17) is 4.42 Å². The number of para-hydroxylation sites is 2. The van der Waals surface area contributed by atoms with Gasteiger partial charge in [0.2, 0.25) is 0 Å². The largest absolute Gasteiger partial charge is 0.455 e. The first-order valence-electron chi connectivity index (χ1n) is 25.5. The van der Waals surface area contributed by atoms with Crippen molar-refractivity contribution in [1.29, 1.82) is 0 Å². The summed E-state index contributed by atoms with van der Waals surface area (Å²) in [7, 11) is 0. The van der Waals surface area contributed by atoms with E-state index in [1.807, 2.05) is 0 Å². The Bertz CT molecular complexity index is 3940. The van der Waals surface area contributed by atoms with Crippen LogP contribution >= 0.6 is 0 Å². The highest BCUT2D eigenvalue weighted by molar-refractivity contribution is 7.04. The fourth-order valence-corrected chi connectivity index (χ4v) is 12.9. The van der Waals surface area contributed by atoms with E-state index in [0.717, 1.165) is 16.6 Å². The summed E-state index contributed by atoms with van der Waals surface area (Å²) in [5.74, 6) is 0. The normalized spacial score (nSPS) is 14.7. The molecular weight excluding hydrogens is 848 g/mol. The van der Waals surface area contributed by atoms with Gasteiger partial charge < -0.3 is 18.8 Å². The Morgan fingerprint density at radius 3 is 1.40 bits per heavy atom. The standard InChI is InChI=1S/C64H59B2N3O/c1-61(2,3)36-20-26-40(27-21-36)67-49-30-24-38(63(7,8)9)32-46(49)65-45-18-15-17-43-54-58-48(34-44-42-16-13-14-19-53(42)70-60(44)54)66-47-33-39(64(10,11)12)25-31-50(47)68(41-28-22-37(23-29-41)62(4,5)6)52-35-51(67)55(65)59(56(52)66)69(58)57(43)45/h13-35H,1-12H3. The molecule has 70 heavy (non-hydrogen) atoms. The summed E-state index contributed by atoms with van der Waals surface area (Å²) in [6.07, 6.45) is 0. The topological polar surface area (TPSA) is 24.6 Å². The molecule has 0 unspecified atom stereocenters. The summed E-state index contributed by atoms with van der Waals surface area (Å²) in [5.41, 5.74) is 26.6. The smallest absolute Gasteiger partial charge is 0.252 e. The van der Waals surface area contributed by atoms with Crippen molar-refractivity contribution in [3.63, 3.8) is 0 Å². The molecule has 0 aliphatic carbocycles. The van der Waals surface area contributed by atoms with Crippen LogP contribution in [0, 0.1) is 0 Å². The number of hydrogen-bond donors (Lipinski definition) is 0. The third kappa shape index (κ3) is 5.51. The number of aromatic nitrogens is 1. The van der Waals surface area contributed by atoms with Gasteiger partial charge in [-0.05, 0) is 125 Å². The molecule has 2 aromatic heterocycles.